The smallest absolute Gasteiger partial charge is 0.422 e. The van der Waals surface area contributed by atoms with Gasteiger partial charge < -0.3 is 19.5 Å². The average Bonchev–Trinajstić information content (AvgIpc) is 3.22. The van der Waals surface area contributed by atoms with Gasteiger partial charge in [-0.25, -0.2) is 4.98 Å². The summed E-state index contributed by atoms with van der Waals surface area (Å²) in [6, 6.07) is 7.01. The molecule has 0 saturated carbocycles. The number of ether oxygens (including phenoxy) is 1. The van der Waals surface area contributed by atoms with Crippen LogP contribution in [0, 0.1) is 5.92 Å². The van der Waals surface area contributed by atoms with Gasteiger partial charge in [-0.3, -0.25) is 4.99 Å². The van der Waals surface area contributed by atoms with Gasteiger partial charge in [-0.2, -0.15) is 13.2 Å². The Balaban J connectivity index is 1.64. The fraction of sp³-hybridized carbons (Fsp3) is 0.500. The van der Waals surface area contributed by atoms with Gasteiger partial charge >= 0.3 is 6.18 Å². The molecule has 158 valence electrons. The lowest BCUT2D eigenvalue weighted by Gasteiger charge is -2.39. The van der Waals surface area contributed by atoms with Gasteiger partial charge in [0.05, 0.1) is 12.4 Å². The highest BCUT2D eigenvalue weighted by Crippen LogP contribution is 2.27. The number of hydrogen-bond acceptors (Lipinski definition) is 3. The van der Waals surface area contributed by atoms with Crippen molar-refractivity contribution in [2.75, 3.05) is 26.7 Å². The van der Waals surface area contributed by atoms with E-state index in [4.69, 9.17) is 4.74 Å². The van der Waals surface area contributed by atoms with Gasteiger partial charge in [0.25, 0.3) is 0 Å². The molecule has 1 aromatic heterocycles. The third kappa shape index (κ3) is 5.65. The SMILES string of the molecule is CN=C(NCc1ccccc1OCC(F)(F)F)N1CCC(C)C(n2ccnc2)C1. The van der Waals surface area contributed by atoms with Crippen molar-refractivity contribution in [2.45, 2.75) is 32.1 Å². The third-order valence-electron chi connectivity index (χ3n) is 5.14. The van der Waals surface area contributed by atoms with E-state index >= 15 is 0 Å². The van der Waals surface area contributed by atoms with Crippen LogP contribution in [0.5, 0.6) is 5.75 Å². The number of benzene rings is 1. The summed E-state index contributed by atoms with van der Waals surface area (Å²) in [6.07, 6.45) is 2.21. The predicted molar refractivity (Wildman–Crippen MR) is 105 cm³/mol. The molecule has 1 aliphatic rings. The van der Waals surface area contributed by atoms with E-state index in [2.05, 4.69) is 31.7 Å². The molecule has 0 radical (unpaired) electrons. The molecule has 2 aromatic rings. The van der Waals surface area contributed by atoms with Crippen molar-refractivity contribution in [3.8, 4) is 5.75 Å². The summed E-state index contributed by atoms with van der Waals surface area (Å²) in [5.74, 6) is 1.44. The van der Waals surface area contributed by atoms with E-state index in [0.717, 1.165) is 19.5 Å². The maximum Gasteiger partial charge on any atom is 0.422 e. The number of guanidine groups is 1. The Morgan fingerprint density at radius 2 is 2.14 bits per heavy atom. The molecule has 1 fully saturated rings. The second-order valence-corrected chi connectivity index (χ2v) is 7.20. The Kier molecular flexibility index (Phi) is 6.66. The van der Waals surface area contributed by atoms with Crippen molar-refractivity contribution in [3.05, 3.63) is 48.5 Å². The Bertz CT molecular complexity index is 807. The molecule has 1 aromatic carbocycles. The molecular weight excluding hydrogens is 383 g/mol. The molecule has 0 aliphatic carbocycles. The number of alkyl halides is 3. The minimum Gasteiger partial charge on any atom is -0.484 e. The van der Waals surface area contributed by atoms with Gasteiger partial charge in [-0.1, -0.05) is 25.1 Å². The highest BCUT2D eigenvalue weighted by Gasteiger charge is 2.30. The second kappa shape index (κ2) is 9.19. The van der Waals surface area contributed by atoms with Crippen LogP contribution >= 0.6 is 0 Å². The summed E-state index contributed by atoms with van der Waals surface area (Å²) >= 11 is 0. The van der Waals surface area contributed by atoms with E-state index in [1.54, 1.807) is 37.5 Å². The van der Waals surface area contributed by atoms with Crippen LogP contribution in [0.4, 0.5) is 13.2 Å². The summed E-state index contributed by atoms with van der Waals surface area (Å²) in [5, 5.41) is 3.26. The minimum atomic E-state index is -4.37. The van der Waals surface area contributed by atoms with Crippen LogP contribution in [0.25, 0.3) is 0 Å². The van der Waals surface area contributed by atoms with Gasteiger partial charge in [-0.05, 0) is 18.4 Å². The molecule has 2 atom stereocenters. The monoisotopic (exact) mass is 409 g/mol. The van der Waals surface area contributed by atoms with Gasteiger partial charge in [0, 0.05) is 44.6 Å². The molecule has 1 saturated heterocycles. The zero-order valence-electron chi connectivity index (χ0n) is 16.6. The van der Waals surface area contributed by atoms with Crippen LogP contribution in [-0.2, 0) is 6.54 Å². The number of likely N-dealkylation sites (tertiary alicyclic amines) is 1. The molecule has 0 spiro atoms. The van der Waals surface area contributed by atoms with E-state index in [9.17, 15) is 13.2 Å². The summed E-state index contributed by atoms with van der Waals surface area (Å²) in [7, 11) is 1.71. The lowest BCUT2D eigenvalue weighted by molar-refractivity contribution is -0.153. The normalized spacial score (nSPS) is 20.6. The molecule has 2 heterocycles. The van der Waals surface area contributed by atoms with Crippen LogP contribution in [-0.4, -0.2) is 53.3 Å². The zero-order chi connectivity index (χ0) is 20.9. The molecule has 29 heavy (non-hydrogen) atoms. The Labute approximate surface area is 168 Å². The quantitative estimate of drug-likeness (QED) is 0.607. The number of hydrogen-bond donors (Lipinski definition) is 1. The Morgan fingerprint density at radius 1 is 1.34 bits per heavy atom. The van der Waals surface area contributed by atoms with Crippen molar-refractivity contribution in [1.82, 2.24) is 19.8 Å². The molecule has 6 nitrogen and oxygen atoms in total. The second-order valence-electron chi connectivity index (χ2n) is 7.20. The van der Waals surface area contributed by atoms with Crippen molar-refractivity contribution >= 4 is 5.96 Å². The fourth-order valence-corrected chi connectivity index (χ4v) is 3.55. The number of nitrogens with one attached hydrogen (secondary N) is 1. The van der Waals surface area contributed by atoms with E-state index in [1.807, 2.05) is 12.5 Å². The number of para-hydroxylation sites is 1. The zero-order valence-corrected chi connectivity index (χ0v) is 16.6. The topological polar surface area (TPSA) is 54.7 Å². The number of halogens is 3. The Hall–Kier alpha value is -2.71. The number of nitrogens with zero attached hydrogens (tertiary/aromatic N) is 4. The summed E-state index contributed by atoms with van der Waals surface area (Å²) in [6.45, 7) is 2.88. The summed E-state index contributed by atoms with van der Waals surface area (Å²) in [4.78, 5) is 10.7. The lowest BCUT2D eigenvalue weighted by Crippen LogP contribution is -2.48. The highest BCUT2D eigenvalue weighted by molar-refractivity contribution is 5.80. The number of imidazole rings is 1. The third-order valence-corrected chi connectivity index (χ3v) is 5.14. The molecule has 0 amide bonds. The highest BCUT2D eigenvalue weighted by atomic mass is 19.4. The first-order valence-electron chi connectivity index (χ1n) is 9.58. The molecule has 1 N–H and O–H groups in total. The first-order valence-corrected chi connectivity index (χ1v) is 9.58. The van der Waals surface area contributed by atoms with Crippen molar-refractivity contribution < 1.29 is 17.9 Å². The molecular formula is C20H26F3N5O. The average molecular weight is 409 g/mol. The van der Waals surface area contributed by atoms with E-state index in [1.165, 1.54) is 0 Å². The lowest BCUT2D eigenvalue weighted by atomic mass is 9.93. The number of aromatic nitrogens is 2. The van der Waals surface area contributed by atoms with Crippen LogP contribution in [0.15, 0.2) is 48.0 Å². The largest absolute Gasteiger partial charge is 0.484 e. The molecule has 3 rings (SSSR count). The first kappa shape index (κ1) is 21.0. The van der Waals surface area contributed by atoms with Crippen molar-refractivity contribution in [3.63, 3.8) is 0 Å². The maximum atomic E-state index is 12.5. The first-order chi connectivity index (χ1) is 13.9. The number of piperidine rings is 1. The fourth-order valence-electron chi connectivity index (χ4n) is 3.55. The maximum absolute atomic E-state index is 12.5. The number of aliphatic imine (C=N–C) groups is 1. The van der Waals surface area contributed by atoms with E-state index in [0.29, 0.717) is 24.0 Å². The summed E-state index contributed by atoms with van der Waals surface area (Å²) in [5.41, 5.74) is 0.648. The molecule has 1 aliphatic heterocycles. The van der Waals surface area contributed by atoms with Crippen LogP contribution in [0.1, 0.15) is 24.9 Å². The standard InChI is InChI=1S/C20H26F3N5O/c1-15-7-9-27(12-17(15)28-10-8-25-14-28)19(24-2)26-11-16-5-3-4-6-18(16)29-13-20(21,22)23/h3-6,8,10,14-15,17H,7,9,11-13H2,1-2H3,(H,24,26). The van der Waals surface area contributed by atoms with Gasteiger partial charge in [-0.15, -0.1) is 0 Å². The molecule has 9 heteroatoms. The number of rotatable bonds is 5. The van der Waals surface area contributed by atoms with Gasteiger partial charge in [0.1, 0.15) is 5.75 Å². The van der Waals surface area contributed by atoms with Crippen LogP contribution in [0.2, 0.25) is 0 Å². The molecule has 0 bridgehead atoms. The van der Waals surface area contributed by atoms with E-state index < -0.39 is 12.8 Å². The van der Waals surface area contributed by atoms with Gasteiger partial charge in [0.2, 0.25) is 0 Å². The van der Waals surface area contributed by atoms with E-state index in [-0.39, 0.29) is 11.8 Å². The predicted octanol–water partition coefficient (Wildman–Crippen LogP) is 3.48. The van der Waals surface area contributed by atoms with Crippen molar-refractivity contribution in [2.24, 2.45) is 10.9 Å². The van der Waals surface area contributed by atoms with Gasteiger partial charge in [0.15, 0.2) is 12.6 Å². The van der Waals surface area contributed by atoms with Crippen LogP contribution < -0.4 is 10.1 Å². The molecule has 2 unspecified atom stereocenters. The minimum absolute atomic E-state index is 0.219. The Morgan fingerprint density at radius 3 is 2.83 bits per heavy atom. The van der Waals surface area contributed by atoms with Crippen LogP contribution in [0.3, 0.4) is 0 Å². The summed E-state index contributed by atoms with van der Waals surface area (Å²) < 4.78 is 44.6. The van der Waals surface area contributed by atoms with Crippen molar-refractivity contribution in [1.29, 1.82) is 0 Å².